The Kier molecular flexibility index (Phi) is 6.57. The molecule has 0 bridgehead atoms. The normalized spacial score (nSPS) is 11.4. The van der Waals surface area contributed by atoms with Crippen LogP contribution in [0.15, 0.2) is 16.3 Å². The summed E-state index contributed by atoms with van der Waals surface area (Å²) < 4.78 is 0. The molecule has 0 fully saturated rings. The molecule has 1 heterocycles. The molecule has 0 amide bonds. The van der Waals surface area contributed by atoms with Crippen molar-refractivity contribution in [1.29, 1.82) is 0 Å². The van der Waals surface area contributed by atoms with Gasteiger partial charge < -0.3 is 5.32 Å². The monoisotopic (exact) mass is 269 g/mol. The number of nitrogens with zero attached hydrogens (tertiary/aromatic N) is 4. The summed E-state index contributed by atoms with van der Waals surface area (Å²) in [5.41, 5.74) is 0.741. The maximum absolute atomic E-state index is 5.77. The highest BCUT2D eigenvalue weighted by molar-refractivity contribution is 6.29. The highest BCUT2D eigenvalue weighted by Gasteiger charge is 2.07. The van der Waals surface area contributed by atoms with Crippen LogP contribution in [0.1, 0.15) is 39.5 Å². The predicted molar refractivity (Wildman–Crippen MR) is 74.7 cm³/mol. The molecule has 1 rings (SSSR count). The van der Waals surface area contributed by atoms with Gasteiger partial charge in [-0.15, -0.1) is 15.3 Å². The van der Waals surface area contributed by atoms with Gasteiger partial charge in [0.25, 0.3) is 0 Å². The molecule has 18 heavy (non-hydrogen) atoms. The first-order valence-corrected chi connectivity index (χ1v) is 6.70. The molecule has 0 saturated heterocycles. The molecule has 0 saturated carbocycles. The van der Waals surface area contributed by atoms with Gasteiger partial charge in [-0.3, -0.25) is 0 Å². The Morgan fingerprint density at radius 2 is 1.94 bits per heavy atom. The highest BCUT2D eigenvalue weighted by Crippen LogP contribution is 2.24. The lowest BCUT2D eigenvalue weighted by atomic mass is 10.1. The summed E-state index contributed by atoms with van der Waals surface area (Å²) in [7, 11) is 1.79. The van der Waals surface area contributed by atoms with Crippen LogP contribution in [0.25, 0.3) is 0 Å². The zero-order valence-corrected chi connectivity index (χ0v) is 11.9. The van der Waals surface area contributed by atoms with Gasteiger partial charge in [0.15, 0.2) is 5.15 Å². The van der Waals surface area contributed by atoms with Gasteiger partial charge in [0.2, 0.25) is 5.82 Å². The lowest BCUT2D eigenvalue weighted by Crippen LogP contribution is -2.02. The Morgan fingerprint density at radius 3 is 2.50 bits per heavy atom. The number of rotatable bonds is 7. The molecule has 6 heteroatoms. The largest absolute Gasteiger partial charge is 0.385 e. The maximum atomic E-state index is 5.77. The summed E-state index contributed by atoms with van der Waals surface area (Å²) in [4.78, 5) is 0. The standard InChI is InChI=1S/C12H20ClN5/c1-4-6-9(7-5-2)15-17-12-10(14-3)8-11(13)16-18-12/h8-9H,4-7H2,1-3H3,(H,14,16). The molecule has 0 atom stereocenters. The molecule has 0 unspecified atom stereocenters. The molecular weight excluding hydrogens is 250 g/mol. The van der Waals surface area contributed by atoms with Crippen LogP contribution in [0.5, 0.6) is 0 Å². The first-order valence-electron chi connectivity index (χ1n) is 6.33. The van der Waals surface area contributed by atoms with E-state index in [9.17, 15) is 0 Å². The van der Waals surface area contributed by atoms with Crippen LogP contribution in [0.3, 0.4) is 0 Å². The van der Waals surface area contributed by atoms with E-state index in [2.05, 4.69) is 39.6 Å². The third kappa shape index (κ3) is 4.56. The van der Waals surface area contributed by atoms with Crippen LogP contribution >= 0.6 is 11.6 Å². The van der Waals surface area contributed by atoms with E-state index in [1.54, 1.807) is 13.1 Å². The second-order valence-electron chi connectivity index (χ2n) is 4.10. The quantitative estimate of drug-likeness (QED) is 0.754. The minimum atomic E-state index is 0.266. The topological polar surface area (TPSA) is 62.5 Å². The van der Waals surface area contributed by atoms with E-state index < -0.39 is 0 Å². The zero-order chi connectivity index (χ0) is 13.4. The lowest BCUT2D eigenvalue weighted by Gasteiger charge is -2.08. The van der Waals surface area contributed by atoms with Gasteiger partial charge in [0.1, 0.15) is 0 Å². The van der Waals surface area contributed by atoms with Crippen LogP contribution in [0, 0.1) is 0 Å². The predicted octanol–water partition coefficient (Wildman–Crippen LogP) is 4.22. The minimum absolute atomic E-state index is 0.266. The average Bonchev–Trinajstić information content (AvgIpc) is 2.37. The first-order chi connectivity index (χ1) is 8.71. The van der Waals surface area contributed by atoms with E-state index in [1.165, 1.54) is 0 Å². The first kappa shape index (κ1) is 14.8. The molecule has 1 N–H and O–H groups in total. The molecule has 1 aromatic rings. The van der Waals surface area contributed by atoms with Crippen LogP contribution < -0.4 is 5.32 Å². The molecule has 0 spiro atoms. The second kappa shape index (κ2) is 7.97. The zero-order valence-electron chi connectivity index (χ0n) is 11.1. The van der Waals surface area contributed by atoms with Crippen molar-refractivity contribution in [3.05, 3.63) is 11.2 Å². The van der Waals surface area contributed by atoms with Gasteiger partial charge in [0.05, 0.1) is 11.7 Å². The van der Waals surface area contributed by atoms with Crippen LogP contribution in [-0.2, 0) is 0 Å². The number of hydrogen-bond acceptors (Lipinski definition) is 5. The van der Waals surface area contributed by atoms with Gasteiger partial charge >= 0.3 is 0 Å². The van der Waals surface area contributed by atoms with Gasteiger partial charge in [-0.1, -0.05) is 38.3 Å². The molecule has 0 aliphatic carbocycles. The van der Waals surface area contributed by atoms with Gasteiger partial charge in [-0.25, -0.2) is 0 Å². The van der Waals surface area contributed by atoms with Crippen molar-refractivity contribution in [1.82, 2.24) is 10.2 Å². The Labute approximate surface area is 113 Å². The summed E-state index contributed by atoms with van der Waals surface area (Å²) in [5, 5.41) is 19.6. The number of aromatic nitrogens is 2. The Bertz CT molecular complexity index is 388. The van der Waals surface area contributed by atoms with Crippen molar-refractivity contribution in [2.24, 2.45) is 10.2 Å². The number of azo groups is 1. The maximum Gasteiger partial charge on any atom is 0.219 e. The SMILES string of the molecule is CCCC(CCC)N=Nc1nnc(Cl)cc1NC. The van der Waals surface area contributed by atoms with Gasteiger partial charge in [-0.05, 0) is 12.8 Å². The summed E-state index contributed by atoms with van der Waals surface area (Å²) in [6.45, 7) is 4.30. The van der Waals surface area contributed by atoms with Crippen LogP contribution in [0.4, 0.5) is 11.5 Å². The van der Waals surface area contributed by atoms with E-state index >= 15 is 0 Å². The molecule has 0 aliphatic rings. The van der Waals surface area contributed by atoms with E-state index in [0.29, 0.717) is 11.0 Å². The third-order valence-electron chi connectivity index (χ3n) is 2.57. The molecule has 5 nitrogen and oxygen atoms in total. The molecule has 0 aromatic carbocycles. The third-order valence-corrected chi connectivity index (χ3v) is 2.76. The fraction of sp³-hybridized carbons (Fsp3) is 0.667. The summed E-state index contributed by atoms with van der Waals surface area (Å²) in [6.07, 6.45) is 4.31. The van der Waals surface area contributed by atoms with Gasteiger partial charge in [0, 0.05) is 13.1 Å². The number of hydrogen-bond donors (Lipinski definition) is 1. The van der Waals surface area contributed by atoms with E-state index in [4.69, 9.17) is 11.6 Å². The summed E-state index contributed by atoms with van der Waals surface area (Å²) >= 11 is 5.77. The van der Waals surface area contributed by atoms with Crippen molar-refractivity contribution >= 4 is 23.1 Å². The van der Waals surface area contributed by atoms with Crippen LogP contribution in [-0.4, -0.2) is 23.3 Å². The lowest BCUT2D eigenvalue weighted by molar-refractivity contribution is 0.536. The Balaban J connectivity index is 2.80. The smallest absolute Gasteiger partial charge is 0.219 e. The van der Waals surface area contributed by atoms with Crippen molar-refractivity contribution in [2.75, 3.05) is 12.4 Å². The van der Waals surface area contributed by atoms with E-state index in [1.807, 2.05) is 0 Å². The molecule has 0 radical (unpaired) electrons. The highest BCUT2D eigenvalue weighted by atomic mass is 35.5. The minimum Gasteiger partial charge on any atom is -0.385 e. The molecule has 100 valence electrons. The van der Waals surface area contributed by atoms with Crippen LogP contribution in [0.2, 0.25) is 5.15 Å². The van der Waals surface area contributed by atoms with Crippen molar-refractivity contribution in [3.63, 3.8) is 0 Å². The van der Waals surface area contributed by atoms with Crippen molar-refractivity contribution in [3.8, 4) is 0 Å². The summed E-state index contributed by atoms with van der Waals surface area (Å²) in [5.74, 6) is 0.485. The fourth-order valence-corrected chi connectivity index (χ4v) is 1.83. The van der Waals surface area contributed by atoms with Crippen molar-refractivity contribution in [2.45, 2.75) is 45.6 Å². The molecular formula is C12H20ClN5. The second-order valence-corrected chi connectivity index (χ2v) is 4.49. The number of halogens is 1. The van der Waals surface area contributed by atoms with E-state index in [-0.39, 0.29) is 6.04 Å². The Morgan fingerprint density at radius 1 is 1.28 bits per heavy atom. The van der Waals surface area contributed by atoms with Crippen molar-refractivity contribution < 1.29 is 0 Å². The average molecular weight is 270 g/mol. The van der Waals surface area contributed by atoms with Gasteiger partial charge in [-0.2, -0.15) is 5.11 Å². The summed E-state index contributed by atoms with van der Waals surface area (Å²) in [6, 6.07) is 1.96. The molecule has 1 aromatic heterocycles. The fourth-order valence-electron chi connectivity index (χ4n) is 1.68. The molecule has 0 aliphatic heterocycles. The van der Waals surface area contributed by atoms with E-state index in [0.717, 1.165) is 31.4 Å². The number of nitrogens with one attached hydrogen (secondary N) is 1. The Hall–Kier alpha value is -1.23. The number of anilines is 1.